The van der Waals surface area contributed by atoms with Gasteiger partial charge in [-0.15, -0.1) is 11.3 Å². The Morgan fingerprint density at radius 2 is 1.75 bits per heavy atom. The van der Waals surface area contributed by atoms with Gasteiger partial charge in [0, 0.05) is 42.1 Å². The molecular formula is C27H31N5O3S. The second-order valence-electron chi connectivity index (χ2n) is 9.80. The number of rotatable bonds is 5. The molecule has 36 heavy (non-hydrogen) atoms. The van der Waals surface area contributed by atoms with Gasteiger partial charge in [0.1, 0.15) is 4.83 Å². The summed E-state index contributed by atoms with van der Waals surface area (Å²) >= 11 is 1.64. The van der Waals surface area contributed by atoms with E-state index in [1.54, 1.807) is 25.6 Å². The zero-order valence-electron chi connectivity index (χ0n) is 20.7. The minimum absolute atomic E-state index is 0.00180. The molecule has 2 aromatic heterocycles. The number of hydrazone groups is 1. The minimum Gasteiger partial charge on any atom is -0.493 e. The molecule has 0 bridgehead atoms. The first kappa shape index (κ1) is 23.2. The maximum Gasteiger partial charge on any atom is 0.246 e. The van der Waals surface area contributed by atoms with Crippen molar-refractivity contribution in [1.82, 2.24) is 15.0 Å². The molecule has 0 radical (unpaired) electrons. The van der Waals surface area contributed by atoms with Crippen LogP contribution >= 0.6 is 11.3 Å². The number of nitrogens with zero attached hydrogens (tertiary/aromatic N) is 5. The summed E-state index contributed by atoms with van der Waals surface area (Å²) in [5, 5.41) is 10.0. The van der Waals surface area contributed by atoms with E-state index in [4.69, 9.17) is 19.6 Å². The zero-order valence-corrected chi connectivity index (χ0v) is 21.5. The number of amides is 1. The van der Waals surface area contributed by atoms with E-state index in [-0.39, 0.29) is 23.8 Å². The molecule has 9 heteroatoms. The third-order valence-corrected chi connectivity index (χ3v) is 8.67. The van der Waals surface area contributed by atoms with E-state index in [0.717, 1.165) is 79.1 Å². The van der Waals surface area contributed by atoms with Crippen LogP contribution in [-0.2, 0) is 4.79 Å². The van der Waals surface area contributed by atoms with Crippen molar-refractivity contribution in [2.45, 2.75) is 44.6 Å². The fourth-order valence-electron chi connectivity index (χ4n) is 5.90. The van der Waals surface area contributed by atoms with Crippen LogP contribution in [0.2, 0.25) is 0 Å². The molecule has 3 aromatic rings. The number of fused-ring (bicyclic) bond motifs is 2. The molecule has 2 fully saturated rings. The van der Waals surface area contributed by atoms with Crippen LogP contribution in [0.4, 0.5) is 5.95 Å². The van der Waals surface area contributed by atoms with Crippen molar-refractivity contribution < 1.29 is 14.3 Å². The Kier molecular flexibility index (Phi) is 6.25. The SMILES string of the molecule is COc1ccc(C2=NN(C3CCN(c4ncc5ccsc5n4)CC3)C(=O)C3CCCCC23)cc1OC. The number of carbonyl (C=O) groups excluding carboxylic acids is 1. The molecule has 1 amide bonds. The molecule has 1 saturated heterocycles. The number of carbonyl (C=O) groups is 1. The first-order valence-corrected chi connectivity index (χ1v) is 13.6. The molecule has 0 spiro atoms. The first-order chi connectivity index (χ1) is 17.7. The van der Waals surface area contributed by atoms with Gasteiger partial charge in [0.25, 0.3) is 0 Å². The number of benzene rings is 1. The smallest absolute Gasteiger partial charge is 0.246 e. The van der Waals surface area contributed by atoms with E-state index < -0.39 is 0 Å². The van der Waals surface area contributed by atoms with Gasteiger partial charge in [-0.3, -0.25) is 4.79 Å². The quantitative estimate of drug-likeness (QED) is 0.499. The molecule has 1 aromatic carbocycles. The highest BCUT2D eigenvalue weighted by molar-refractivity contribution is 7.16. The maximum atomic E-state index is 13.7. The van der Waals surface area contributed by atoms with Crippen LogP contribution in [0, 0.1) is 11.8 Å². The number of piperidine rings is 1. The van der Waals surface area contributed by atoms with Crippen LogP contribution in [0.15, 0.2) is 40.9 Å². The molecule has 2 atom stereocenters. The van der Waals surface area contributed by atoms with E-state index in [1.807, 2.05) is 40.9 Å². The van der Waals surface area contributed by atoms with Gasteiger partial charge in [-0.25, -0.2) is 15.0 Å². The molecule has 8 nitrogen and oxygen atoms in total. The second-order valence-corrected chi connectivity index (χ2v) is 10.7. The Bertz CT molecular complexity index is 1300. The highest BCUT2D eigenvalue weighted by atomic mass is 32.1. The Morgan fingerprint density at radius 1 is 0.972 bits per heavy atom. The van der Waals surface area contributed by atoms with Gasteiger partial charge in [0.2, 0.25) is 11.9 Å². The predicted molar refractivity (Wildman–Crippen MR) is 141 cm³/mol. The monoisotopic (exact) mass is 505 g/mol. The number of ether oxygens (including phenoxy) is 2. The maximum absolute atomic E-state index is 13.7. The Labute approximate surface area is 214 Å². The number of thiophene rings is 1. The number of anilines is 1. The lowest BCUT2D eigenvalue weighted by Gasteiger charge is -2.43. The van der Waals surface area contributed by atoms with Gasteiger partial charge in [0.15, 0.2) is 11.5 Å². The molecule has 3 aliphatic rings. The molecule has 1 saturated carbocycles. The average Bonchev–Trinajstić information content (AvgIpc) is 3.41. The van der Waals surface area contributed by atoms with Crippen molar-refractivity contribution >= 4 is 39.1 Å². The van der Waals surface area contributed by atoms with Crippen molar-refractivity contribution in [1.29, 1.82) is 0 Å². The highest BCUT2D eigenvalue weighted by Crippen LogP contribution is 2.40. The van der Waals surface area contributed by atoms with Gasteiger partial charge in [0.05, 0.1) is 26.0 Å². The lowest BCUT2D eigenvalue weighted by atomic mass is 9.73. The highest BCUT2D eigenvalue weighted by Gasteiger charge is 2.43. The van der Waals surface area contributed by atoms with Crippen molar-refractivity contribution in [3.05, 3.63) is 41.4 Å². The number of aromatic nitrogens is 2. The normalized spacial score (nSPS) is 22.9. The van der Waals surface area contributed by atoms with Crippen LogP contribution in [0.1, 0.15) is 44.1 Å². The van der Waals surface area contributed by atoms with Gasteiger partial charge in [-0.05, 0) is 55.3 Å². The molecule has 1 aliphatic carbocycles. The summed E-state index contributed by atoms with van der Waals surface area (Å²) in [5.74, 6) is 2.51. The fourth-order valence-corrected chi connectivity index (χ4v) is 6.64. The second kappa shape index (κ2) is 9.69. The van der Waals surface area contributed by atoms with E-state index >= 15 is 0 Å². The largest absolute Gasteiger partial charge is 0.493 e. The third kappa shape index (κ3) is 4.09. The van der Waals surface area contributed by atoms with Gasteiger partial charge < -0.3 is 14.4 Å². The Balaban J connectivity index is 1.26. The van der Waals surface area contributed by atoms with Crippen LogP contribution in [-0.4, -0.2) is 59.9 Å². The third-order valence-electron chi connectivity index (χ3n) is 7.84. The van der Waals surface area contributed by atoms with Gasteiger partial charge in [-0.2, -0.15) is 5.10 Å². The van der Waals surface area contributed by atoms with Crippen LogP contribution in [0.3, 0.4) is 0 Å². The average molecular weight is 506 g/mol. The lowest BCUT2D eigenvalue weighted by Crippen LogP contribution is -2.52. The summed E-state index contributed by atoms with van der Waals surface area (Å²) in [6.45, 7) is 1.61. The Morgan fingerprint density at radius 3 is 2.53 bits per heavy atom. The standard InChI is InChI=1S/C27H31N5O3S/c1-34-22-8-7-17(15-23(22)35-2)24-20-5-3-4-6-21(20)26(33)32(30-24)19-9-12-31(13-10-19)27-28-16-18-11-14-36-25(18)29-27/h7-8,11,14-16,19-21H,3-6,9-10,12-13H2,1-2H3. The molecule has 6 rings (SSSR count). The summed E-state index contributed by atoms with van der Waals surface area (Å²) < 4.78 is 11.0. The summed E-state index contributed by atoms with van der Waals surface area (Å²) in [7, 11) is 3.29. The summed E-state index contributed by atoms with van der Waals surface area (Å²) in [6.07, 6.45) is 7.75. The van der Waals surface area contributed by atoms with Crippen molar-refractivity contribution in [2.24, 2.45) is 16.9 Å². The van der Waals surface area contributed by atoms with E-state index in [0.29, 0.717) is 11.5 Å². The first-order valence-electron chi connectivity index (χ1n) is 12.8. The van der Waals surface area contributed by atoms with Gasteiger partial charge >= 0.3 is 0 Å². The predicted octanol–water partition coefficient (Wildman–Crippen LogP) is 4.73. The summed E-state index contributed by atoms with van der Waals surface area (Å²) in [5.41, 5.74) is 2.02. The molecular weight excluding hydrogens is 474 g/mol. The number of hydrogen-bond acceptors (Lipinski definition) is 8. The zero-order chi connectivity index (χ0) is 24.6. The molecule has 4 heterocycles. The molecule has 188 valence electrons. The van der Waals surface area contributed by atoms with Crippen molar-refractivity contribution in [3.63, 3.8) is 0 Å². The number of hydrogen-bond donors (Lipinski definition) is 0. The fraction of sp³-hybridized carbons (Fsp3) is 0.481. The Hall–Kier alpha value is -3.20. The van der Waals surface area contributed by atoms with Crippen molar-refractivity contribution in [3.8, 4) is 11.5 Å². The van der Waals surface area contributed by atoms with Gasteiger partial charge in [-0.1, -0.05) is 12.8 Å². The molecule has 2 aliphatic heterocycles. The van der Waals surface area contributed by atoms with Crippen LogP contribution < -0.4 is 14.4 Å². The van der Waals surface area contributed by atoms with Crippen molar-refractivity contribution in [2.75, 3.05) is 32.2 Å². The van der Waals surface area contributed by atoms with E-state index in [2.05, 4.69) is 9.88 Å². The topological polar surface area (TPSA) is 80.2 Å². The number of methoxy groups -OCH3 is 2. The van der Waals surface area contributed by atoms with Crippen LogP contribution in [0.5, 0.6) is 11.5 Å². The summed E-state index contributed by atoms with van der Waals surface area (Å²) in [6, 6.07) is 8.10. The molecule has 2 unspecified atom stereocenters. The minimum atomic E-state index is 0.00180. The van der Waals surface area contributed by atoms with E-state index in [9.17, 15) is 4.79 Å². The molecule has 0 N–H and O–H groups in total. The van der Waals surface area contributed by atoms with E-state index in [1.165, 1.54) is 0 Å². The summed E-state index contributed by atoms with van der Waals surface area (Å²) in [4.78, 5) is 26.2. The van der Waals surface area contributed by atoms with Crippen LogP contribution in [0.25, 0.3) is 10.2 Å². The lowest BCUT2D eigenvalue weighted by molar-refractivity contribution is -0.141.